The molecule has 0 bridgehead atoms. The summed E-state index contributed by atoms with van der Waals surface area (Å²) in [6.07, 6.45) is 1.68. The second kappa shape index (κ2) is 6.32. The van der Waals surface area contributed by atoms with E-state index in [-0.39, 0.29) is 24.4 Å². The van der Waals surface area contributed by atoms with E-state index in [2.05, 4.69) is 12.2 Å². The van der Waals surface area contributed by atoms with Crippen LogP contribution in [0.2, 0.25) is 0 Å². The Hall–Kier alpha value is -1.79. The largest absolute Gasteiger partial charge is 0.481 e. The highest BCUT2D eigenvalue weighted by atomic mass is 16.4. The average molecular weight is 297 g/mol. The maximum Gasteiger partial charge on any atom is 0.321 e. The number of carboxylic acid groups (broad SMARTS) is 1. The highest BCUT2D eigenvalue weighted by Crippen LogP contribution is 2.24. The number of nitrogens with zero attached hydrogens (tertiary/aromatic N) is 2. The number of piperazine rings is 1. The van der Waals surface area contributed by atoms with Crippen molar-refractivity contribution in [3.63, 3.8) is 0 Å². The average Bonchev–Trinajstić information content (AvgIpc) is 2.42. The maximum absolute atomic E-state index is 12.7. The zero-order chi connectivity index (χ0) is 15.6. The summed E-state index contributed by atoms with van der Waals surface area (Å²) in [6, 6.07) is -0.993. The third kappa shape index (κ3) is 3.46. The number of urea groups is 1. The number of carbonyl (C=O) groups excluding carboxylic acids is 2. The molecule has 2 aliphatic heterocycles. The summed E-state index contributed by atoms with van der Waals surface area (Å²) in [6.45, 7) is 5.50. The number of aliphatic carboxylic acids is 1. The molecule has 0 aromatic rings. The van der Waals surface area contributed by atoms with Crippen molar-refractivity contribution in [3.05, 3.63) is 0 Å². The SMILES string of the molecule is CC1CCC(C)N(C(=O)N2CCNC(=O)C2CC(=O)O)C1. The Morgan fingerprint density at radius 3 is 2.67 bits per heavy atom. The van der Waals surface area contributed by atoms with Crippen molar-refractivity contribution < 1.29 is 19.5 Å². The molecule has 2 saturated heterocycles. The molecule has 118 valence electrons. The minimum atomic E-state index is -1.07. The van der Waals surface area contributed by atoms with Crippen LogP contribution in [0, 0.1) is 5.92 Å². The highest BCUT2D eigenvalue weighted by Gasteiger charge is 2.38. The molecular formula is C14H23N3O4. The van der Waals surface area contributed by atoms with Crippen LogP contribution in [-0.2, 0) is 9.59 Å². The monoisotopic (exact) mass is 297 g/mol. The summed E-state index contributed by atoms with van der Waals surface area (Å²) >= 11 is 0. The van der Waals surface area contributed by atoms with Crippen LogP contribution < -0.4 is 5.32 Å². The lowest BCUT2D eigenvalue weighted by Gasteiger charge is -2.43. The molecule has 0 aromatic carbocycles. The first-order valence-electron chi connectivity index (χ1n) is 7.47. The third-order valence-electron chi connectivity index (χ3n) is 4.31. The predicted octanol–water partition coefficient (Wildman–Crippen LogP) is 0.502. The molecular weight excluding hydrogens is 274 g/mol. The van der Waals surface area contributed by atoms with Crippen molar-refractivity contribution in [2.24, 2.45) is 5.92 Å². The number of nitrogens with one attached hydrogen (secondary N) is 1. The normalized spacial score (nSPS) is 30.0. The first-order chi connectivity index (χ1) is 9.90. The number of carbonyl (C=O) groups is 3. The molecule has 2 heterocycles. The Morgan fingerprint density at radius 1 is 1.29 bits per heavy atom. The molecule has 3 amide bonds. The van der Waals surface area contributed by atoms with Gasteiger partial charge in [0.15, 0.2) is 0 Å². The Labute approximate surface area is 124 Å². The summed E-state index contributed by atoms with van der Waals surface area (Å²) in [7, 11) is 0. The third-order valence-corrected chi connectivity index (χ3v) is 4.31. The summed E-state index contributed by atoms with van der Waals surface area (Å²) in [5, 5.41) is 11.6. The van der Waals surface area contributed by atoms with E-state index in [1.54, 1.807) is 4.90 Å². The van der Waals surface area contributed by atoms with Gasteiger partial charge in [-0.15, -0.1) is 0 Å². The van der Waals surface area contributed by atoms with Gasteiger partial charge in [0.1, 0.15) is 6.04 Å². The summed E-state index contributed by atoms with van der Waals surface area (Å²) in [5.41, 5.74) is 0. The Kier molecular flexibility index (Phi) is 4.69. The van der Waals surface area contributed by atoms with Crippen LogP contribution in [0.1, 0.15) is 33.1 Å². The number of rotatable bonds is 2. The lowest BCUT2D eigenvalue weighted by molar-refractivity contribution is -0.142. The number of likely N-dealkylation sites (tertiary alicyclic amines) is 1. The molecule has 0 saturated carbocycles. The van der Waals surface area contributed by atoms with E-state index in [4.69, 9.17) is 5.11 Å². The molecule has 0 radical (unpaired) electrons. The lowest BCUT2D eigenvalue weighted by atomic mass is 9.95. The smallest absolute Gasteiger partial charge is 0.321 e. The van der Waals surface area contributed by atoms with E-state index in [9.17, 15) is 14.4 Å². The molecule has 0 spiro atoms. The van der Waals surface area contributed by atoms with Crippen molar-refractivity contribution in [3.8, 4) is 0 Å². The molecule has 7 nitrogen and oxygen atoms in total. The van der Waals surface area contributed by atoms with Crippen molar-refractivity contribution in [2.75, 3.05) is 19.6 Å². The predicted molar refractivity (Wildman–Crippen MR) is 75.7 cm³/mol. The van der Waals surface area contributed by atoms with E-state index in [1.807, 2.05) is 6.92 Å². The molecule has 2 aliphatic rings. The van der Waals surface area contributed by atoms with Crippen LogP contribution in [0.15, 0.2) is 0 Å². The highest BCUT2D eigenvalue weighted by molar-refractivity contribution is 5.91. The molecule has 21 heavy (non-hydrogen) atoms. The Bertz CT molecular complexity index is 440. The Morgan fingerprint density at radius 2 is 2.00 bits per heavy atom. The number of hydrogen-bond acceptors (Lipinski definition) is 3. The van der Waals surface area contributed by atoms with Gasteiger partial charge in [-0.05, 0) is 25.7 Å². The van der Waals surface area contributed by atoms with Gasteiger partial charge in [-0.2, -0.15) is 0 Å². The van der Waals surface area contributed by atoms with Crippen molar-refractivity contribution >= 4 is 17.9 Å². The van der Waals surface area contributed by atoms with Gasteiger partial charge >= 0.3 is 12.0 Å². The Balaban J connectivity index is 2.14. The molecule has 7 heteroatoms. The second-order valence-corrected chi connectivity index (χ2v) is 6.06. The number of amides is 3. The van der Waals surface area contributed by atoms with Crippen LogP contribution in [0.4, 0.5) is 4.79 Å². The van der Waals surface area contributed by atoms with E-state index in [0.717, 1.165) is 12.8 Å². The van der Waals surface area contributed by atoms with Gasteiger partial charge < -0.3 is 20.2 Å². The molecule has 3 atom stereocenters. The lowest BCUT2D eigenvalue weighted by Crippen LogP contribution is -2.62. The minimum absolute atomic E-state index is 0.129. The molecule has 2 N–H and O–H groups in total. The zero-order valence-corrected chi connectivity index (χ0v) is 12.5. The number of carboxylic acids is 1. The molecule has 0 aliphatic carbocycles. The van der Waals surface area contributed by atoms with Gasteiger partial charge in [-0.3, -0.25) is 9.59 Å². The van der Waals surface area contributed by atoms with Gasteiger partial charge in [0.25, 0.3) is 0 Å². The second-order valence-electron chi connectivity index (χ2n) is 6.06. The van der Waals surface area contributed by atoms with Crippen LogP contribution in [0.3, 0.4) is 0 Å². The van der Waals surface area contributed by atoms with Crippen LogP contribution in [-0.4, -0.2) is 64.5 Å². The van der Waals surface area contributed by atoms with Crippen molar-refractivity contribution in [1.82, 2.24) is 15.1 Å². The minimum Gasteiger partial charge on any atom is -0.481 e. The van der Waals surface area contributed by atoms with E-state index in [1.165, 1.54) is 4.90 Å². The molecule has 3 unspecified atom stereocenters. The molecule has 2 fully saturated rings. The van der Waals surface area contributed by atoms with E-state index in [0.29, 0.717) is 25.6 Å². The summed E-state index contributed by atoms with van der Waals surface area (Å²) in [4.78, 5) is 38.8. The van der Waals surface area contributed by atoms with Gasteiger partial charge in [-0.1, -0.05) is 6.92 Å². The number of piperidine rings is 1. The van der Waals surface area contributed by atoms with Gasteiger partial charge in [0.05, 0.1) is 6.42 Å². The first-order valence-corrected chi connectivity index (χ1v) is 7.47. The van der Waals surface area contributed by atoms with E-state index >= 15 is 0 Å². The van der Waals surface area contributed by atoms with Gasteiger partial charge in [0.2, 0.25) is 5.91 Å². The standard InChI is InChI=1S/C14H23N3O4/c1-9-3-4-10(2)17(8-9)14(21)16-6-5-15-13(20)11(16)7-12(18)19/h9-11H,3-8H2,1-2H3,(H,15,20)(H,18,19). The van der Waals surface area contributed by atoms with Gasteiger partial charge in [-0.25, -0.2) is 4.79 Å². The fourth-order valence-corrected chi connectivity index (χ4v) is 3.03. The van der Waals surface area contributed by atoms with Crippen molar-refractivity contribution in [2.45, 2.75) is 45.2 Å². The molecule has 2 rings (SSSR count). The fourth-order valence-electron chi connectivity index (χ4n) is 3.03. The quantitative estimate of drug-likeness (QED) is 0.776. The van der Waals surface area contributed by atoms with Crippen LogP contribution >= 0.6 is 0 Å². The first kappa shape index (κ1) is 15.6. The molecule has 0 aromatic heterocycles. The van der Waals surface area contributed by atoms with E-state index < -0.39 is 12.0 Å². The van der Waals surface area contributed by atoms with Crippen molar-refractivity contribution in [1.29, 1.82) is 0 Å². The summed E-state index contributed by atoms with van der Waals surface area (Å²) in [5.74, 6) is -1.02. The topological polar surface area (TPSA) is 90.0 Å². The fraction of sp³-hybridized carbons (Fsp3) is 0.786. The van der Waals surface area contributed by atoms with Crippen LogP contribution in [0.5, 0.6) is 0 Å². The number of hydrogen-bond donors (Lipinski definition) is 2. The summed E-state index contributed by atoms with van der Waals surface area (Å²) < 4.78 is 0. The van der Waals surface area contributed by atoms with Gasteiger partial charge in [0, 0.05) is 25.7 Å². The maximum atomic E-state index is 12.7. The van der Waals surface area contributed by atoms with Crippen LogP contribution in [0.25, 0.3) is 0 Å². The zero-order valence-electron chi connectivity index (χ0n) is 12.5.